The molecule has 2 heterocycles. The number of nitro groups is 1. The Balaban J connectivity index is 1.49. The van der Waals surface area contributed by atoms with E-state index in [1.165, 1.54) is 24.8 Å². The number of benzene rings is 1. The summed E-state index contributed by atoms with van der Waals surface area (Å²) in [5.41, 5.74) is 1.31. The maximum Gasteiger partial charge on any atom is 0.302 e. The fraction of sp³-hybridized carbons (Fsp3) is 0.105. The van der Waals surface area contributed by atoms with Gasteiger partial charge in [-0.3, -0.25) is 15.4 Å². The van der Waals surface area contributed by atoms with Crippen molar-refractivity contribution in [1.29, 1.82) is 0 Å². The molecule has 0 saturated carbocycles. The van der Waals surface area contributed by atoms with E-state index in [2.05, 4.69) is 16.4 Å². The summed E-state index contributed by atoms with van der Waals surface area (Å²) in [6.45, 7) is 0. The van der Waals surface area contributed by atoms with Crippen molar-refractivity contribution in [1.82, 2.24) is 4.98 Å². The third kappa shape index (κ3) is 3.59. The lowest BCUT2D eigenvalue weighted by Gasteiger charge is -2.19. The van der Waals surface area contributed by atoms with Crippen molar-refractivity contribution in [2.75, 3.05) is 5.32 Å². The second-order valence-corrected chi connectivity index (χ2v) is 5.79. The smallest absolute Gasteiger partial charge is 0.302 e. The first-order chi connectivity index (χ1) is 13.2. The molecule has 0 saturated heterocycles. The van der Waals surface area contributed by atoms with Gasteiger partial charge in [0.1, 0.15) is 6.26 Å². The molecule has 0 spiro atoms. The van der Waals surface area contributed by atoms with Crippen LogP contribution in [0.15, 0.2) is 82.8 Å². The minimum absolute atomic E-state index is 0.0563. The van der Waals surface area contributed by atoms with Crippen molar-refractivity contribution in [3.8, 4) is 11.3 Å². The molecule has 0 atom stereocenters. The first kappa shape index (κ1) is 16.6. The lowest BCUT2D eigenvalue weighted by atomic mass is 10.0. The van der Waals surface area contributed by atoms with Crippen LogP contribution in [0.3, 0.4) is 0 Å². The number of ether oxygens (including phenoxy) is 2. The van der Waals surface area contributed by atoms with Gasteiger partial charge in [-0.1, -0.05) is 30.4 Å². The first-order valence-electron chi connectivity index (χ1n) is 8.27. The monoisotopic (exact) mass is 365 g/mol. The van der Waals surface area contributed by atoms with Crippen molar-refractivity contribution in [3.05, 3.63) is 88.5 Å². The van der Waals surface area contributed by atoms with Gasteiger partial charge in [0.25, 0.3) is 5.69 Å². The van der Waals surface area contributed by atoms with Gasteiger partial charge in [0.05, 0.1) is 16.7 Å². The van der Waals surface area contributed by atoms with E-state index < -0.39 is 4.92 Å². The van der Waals surface area contributed by atoms with Crippen molar-refractivity contribution >= 4 is 11.7 Å². The highest BCUT2D eigenvalue weighted by atomic mass is 16.6. The number of allylic oxidation sites excluding steroid dienone is 4. The van der Waals surface area contributed by atoms with E-state index in [1.807, 2.05) is 12.2 Å². The van der Waals surface area contributed by atoms with Crippen LogP contribution in [0.25, 0.3) is 11.3 Å². The van der Waals surface area contributed by atoms with E-state index in [4.69, 9.17) is 13.9 Å². The lowest BCUT2D eigenvalue weighted by molar-refractivity contribution is -0.384. The fourth-order valence-corrected chi connectivity index (χ4v) is 2.73. The standard InChI is InChI=1S/C19H15N3O5/c23-22(24)15-9-5-4-8-14(15)16-10-20-19(27-16)21-18-12-25-11-17(26-18)13-6-2-1-3-7-13/h1-2,4-6,8-12H,3,7H2,(H,20,21). The minimum atomic E-state index is -0.463. The van der Waals surface area contributed by atoms with Gasteiger partial charge in [-0.25, -0.2) is 4.98 Å². The molecule has 1 N–H and O–H groups in total. The van der Waals surface area contributed by atoms with Crippen LogP contribution >= 0.6 is 0 Å². The average molecular weight is 365 g/mol. The number of hydrogen-bond donors (Lipinski definition) is 1. The van der Waals surface area contributed by atoms with Crippen LogP contribution in [-0.2, 0) is 9.47 Å². The second kappa shape index (κ2) is 7.20. The minimum Gasteiger partial charge on any atom is -0.463 e. The maximum absolute atomic E-state index is 11.2. The molecule has 2 aliphatic rings. The second-order valence-electron chi connectivity index (χ2n) is 5.79. The summed E-state index contributed by atoms with van der Waals surface area (Å²) >= 11 is 0. The van der Waals surface area contributed by atoms with Gasteiger partial charge < -0.3 is 13.9 Å². The number of nitrogens with one attached hydrogen (secondary N) is 1. The molecular weight excluding hydrogens is 350 g/mol. The zero-order valence-corrected chi connectivity index (χ0v) is 14.1. The first-order valence-corrected chi connectivity index (χ1v) is 8.27. The molecule has 0 fully saturated rings. The van der Waals surface area contributed by atoms with Crippen LogP contribution in [0.5, 0.6) is 0 Å². The van der Waals surface area contributed by atoms with Crippen LogP contribution in [0.2, 0.25) is 0 Å². The zero-order chi connectivity index (χ0) is 18.6. The predicted octanol–water partition coefficient (Wildman–Crippen LogP) is 4.63. The average Bonchev–Trinajstić information content (AvgIpc) is 3.17. The van der Waals surface area contributed by atoms with Crippen molar-refractivity contribution in [2.45, 2.75) is 12.8 Å². The largest absolute Gasteiger partial charge is 0.463 e. The predicted molar refractivity (Wildman–Crippen MR) is 97.0 cm³/mol. The summed E-state index contributed by atoms with van der Waals surface area (Å²) in [6, 6.07) is 6.44. The maximum atomic E-state index is 11.2. The molecule has 1 aliphatic heterocycles. The van der Waals surface area contributed by atoms with Gasteiger partial charge >= 0.3 is 6.01 Å². The number of para-hydroxylation sites is 1. The Morgan fingerprint density at radius 1 is 1.22 bits per heavy atom. The molecule has 8 nitrogen and oxygen atoms in total. The summed E-state index contributed by atoms with van der Waals surface area (Å²) in [7, 11) is 0. The molecule has 1 aromatic heterocycles. The number of rotatable bonds is 5. The topological polar surface area (TPSA) is 99.7 Å². The summed E-state index contributed by atoms with van der Waals surface area (Å²) < 4.78 is 16.7. The molecule has 0 bridgehead atoms. The van der Waals surface area contributed by atoms with E-state index in [-0.39, 0.29) is 17.5 Å². The van der Waals surface area contributed by atoms with Crippen molar-refractivity contribution in [3.63, 3.8) is 0 Å². The molecule has 2 aromatic rings. The molecule has 0 unspecified atom stereocenters. The number of nitrogens with zero attached hydrogens (tertiary/aromatic N) is 2. The molecule has 27 heavy (non-hydrogen) atoms. The number of aromatic nitrogens is 1. The van der Waals surface area contributed by atoms with E-state index in [1.54, 1.807) is 18.2 Å². The molecule has 136 valence electrons. The zero-order valence-electron chi connectivity index (χ0n) is 14.1. The summed E-state index contributed by atoms with van der Waals surface area (Å²) in [5.74, 6) is 1.19. The van der Waals surface area contributed by atoms with Gasteiger partial charge in [0.2, 0.25) is 5.88 Å². The highest BCUT2D eigenvalue weighted by molar-refractivity contribution is 5.69. The van der Waals surface area contributed by atoms with Gasteiger partial charge in [0, 0.05) is 6.07 Å². The van der Waals surface area contributed by atoms with E-state index >= 15 is 0 Å². The van der Waals surface area contributed by atoms with Crippen molar-refractivity contribution in [2.24, 2.45) is 0 Å². The fourth-order valence-electron chi connectivity index (χ4n) is 2.73. The number of oxazole rings is 1. The lowest BCUT2D eigenvalue weighted by Crippen LogP contribution is -2.10. The normalized spacial score (nSPS) is 15.8. The quantitative estimate of drug-likeness (QED) is 0.609. The molecule has 1 aliphatic carbocycles. The highest BCUT2D eigenvalue weighted by Gasteiger charge is 2.20. The molecule has 0 amide bonds. The summed E-state index contributed by atoms with van der Waals surface area (Å²) in [5, 5.41) is 14.0. The number of hydrogen-bond acceptors (Lipinski definition) is 7. The van der Waals surface area contributed by atoms with Gasteiger partial charge in [-0.2, -0.15) is 0 Å². The van der Waals surface area contributed by atoms with Crippen LogP contribution in [0, 0.1) is 10.1 Å². The van der Waals surface area contributed by atoms with Gasteiger partial charge in [0.15, 0.2) is 17.8 Å². The van der Waals surface area contributed by atoms with E-state index in [0.717, 1.165) is 18.4 Å². The number of anilines is 1. The Morgan fingerprint density at radius 3 is 2.93 bits per heavy atom. The molecule has 8 heteroatoms. The third-order valence-corrected chi connectivity index (χ3v) is 4.00. The Bertz CT molecular complexity index is 1000. The van der Waals surface area contributed by atoms with E-state index in [9.17, 15) is 10.1 Å². The summed E-state index contributed by atoms with van der Waals surface area (Å²) in [6.07, 6.45) is 12.2. The SMILES string of the molecule is O=[N+]([O-])c1ccccc1-c1cnc(NC2=COC=C(C3=CC=CCC3)O2)o1. The molecule has 0 radical (unpaired) electrons. The Kier molecular flexibility index (Phi) is 4.44. The number of nitro benzene ring substituents is 1. The van der Waals surface area contributed by atoms with Crippen LogP contribution in [0.4, 0.5) is 11.7 Å². The van der Waals surface area contributed by atoms with Gasteiger partial charge in [-0.15, -0.1) is 0 Å². The Labute approximate surface area is 154 Å². The Morgan fingerprint density at radius 2 is 2.11 bits per heavy atom. The third-order valence-electron chi connectivity index (χ3n) is 4.00. The molecule has 1 aromatic carbocycles. The Hall–Kier alpha value is -3.81. The van der Waals surface area contributed by atoms with Crippen molar-refractivity contribution < 1.29 is 18.8 Å². The van der Waals surface area contributed by atoms with E-state index in [0.29, 0.717) is 17.2 Å². The van der Waals surface area contributed by atoms with Crippen LogP contribution in [0.1, 0.15) is 12.8 Å². The molecule has 4 rings (SSSR count). The van der Waals surface area contributed by atoms with Crippen LogP contribution < -0.4 is 5.32 Å². The van der Waals surface area contributed by atoms with Gasteiger partial charge in [-0.05, 0) is 24.5 Å². The molecular formula is C19H15N3O5. The van der Waals surface area contributed by atoms with Crippen LogP contribution in [-0.4, -0.2) is 9.91 Å². The highest BCUT2D eigenvalue weighted by Crippen LogP contribution is 2.32. The summed E-state index contributed by atoms with van der Waals surface area (Å²) in [4.78, 5) is 14.8.